The second-order valence-electron chi connectivity index (χ2n) is 3.79. The number of hydrogen-bond donors (Lipinski definition) is 1. The van der Waals surface area contributed by atoms with Crippen LogP contribution in [0.15, 0.2) is 23.0 Å². The summed E-state index contributed by atoms with van der Waals surface area (Å²) >= 11 is 0. The lowest BCUT2D eigenvalue weighted by molar-refractivity contribution is 0.182. The highest BCUT2D eigenvalue weighted by Gasteiger charge is 2.23. The van der Waals surface area contributed by atoms with Crippen LogP contribution in [-0.2, 0) is 4.74 Å². The Hall–Kier alpha value is -0.760. The number of ether oxygens (including phenoxy) is 1. The lowest BCUT2D eigenvalue weighted by Gasteiger charge is -2.28. The van der Waals surface area contributed by atoms with Gasteiger partial charge in [0.1, 0.15) is 0 Å². The fourth-order valence-electron chi connectivity index (χ4n) is 2.22. The normalized spacial score (nSPS) is 28.2. The van der Waals surface area contributed by atoms with Crippen LogP contribution < -0.4 is 0 Å². The van der Waals surface area contributed by atoms with Crippen molar-refractivity contribution >= 4 is 0 Å². The predicted molar refractivity (Wildman–Crippen MR) is 51.2 cm³/mol. The number of allylic oxidation sites excluding steroid dienone is 2. The highest BCUT2D eigenvalue weighted by molar-refractivity contribution is 5.31. The molecule has 0 fully saturated rings. The van der Waals surface area contributed by atoms with Gasteiger partial charge in [-0.2, -0.15) is 0 Å². The van der Waals surface area contributed by atoms with Gasteiger partial charge in [0.15, 0.2) is 0 Å². The summed E-state index contributed by atoms with van der Waals surface area (Å²) in [7, 11) is 1.72. The van der Waals surface area contributed by atoms with E-state index in [0.29, 0.717) is 0 Å². The molecule has 2 nitrogen and oxygen atoms in total. The third-order valence-electron chi connectivity index (χ3n) is 3.01. The molecule has 0 amide bonds. The maximum atomic E-state index is 9.74. The summed E-state index contributed by atoms with van der Waals surface area (Å²) in [5.41, 5.74) is 2.67. The van der Waals surface area contributed by atoms with E-state index >= 15 is 0 Å². The van der Waals surface area contributed by atoms with Crippen molar-refractivity contribution in [1.29, 1.82) is 0 Å². The van der Waals surface area contributed by atoms with Gasteiger partial charge in [-0.3, -0.25) is 0 Å². The SMILES string of the molecule is COC1=CCC2=C(CCCC2O)C1. The van der Waals surface area contributed by atoms with Gasteiger partial charge >= 0.3 is 0 Å². The highest BCUT2D eigenvalue weighted by Crippen LogP contribution is 2.35. The molecule has 2 aliphatic rings. The van der Waals surface area contributed by atoms with Crippen molar-refractivity contribution < 1.29 is 9.84 Å². The summed E-state index contributed by atoms with van der Waals surface area (Å²) in [6, 6.07) is 0. The van der Waals surface area contributed by atoms with Crippen LogP contribution in [0.1, 0.15) is 32.1 Å². The molecule has 2 aliphatic carbocycles. The summed E-state index contributed by atoms with van der Waals surface area (Å²) in [6.45, 7) is 0. The zero-order chi connectivity index (χ0) is 9.26. The summed E-state index contributed by atoms with van der Waals surface area (Å²) in [4.78, 5) is 0. The molecular formula is C11H16O2. The Morgan fingerprint density at radius 3 is 3.15 bits per heavy atom. The number of rotatable bonds is 1. The van der Waals surface area contributed by atoms with Gasteiger partial charge in [-0.05, 0) is 37.3 Å². The highest BCUT2D eigenvalue weighted by atomic mass is 16.5. The molecule has 13 heavy (non-hydrogen) atoms. The first-order chi connectivity index (χ1) is 6.31. The van der Waals surface area contributed by atoms with Gasteiger partial charge < -0.3 is 9.84 Å². The molecule has 0 heterocycles. The average molecular weight is 180 g/mol. The first-order valence-electron chi connectivity index (χ1n) is 4.93. The van der Waals surface area contributed by atoms with Gasteiger partial charge in [-0.1, -0.05) is 5.57 Å². The Kier molecular flexibility index (Phi) is 2.40. The van der Waals surface area contributed by atoms with Crippen molar-refractivity contribution in [2.45, 2.75) is 38.2 Å². The minimum Gasteiger partial charge on any atom is -0.501 e. The summed E-state index contributed by atoms with van der Waals surface area (Å²) in [6.07, 6.45) is 6.92. The van der Waals surface area contributed by atoms with Crippen LogP contribution in [0.25, 0.3) is 0 Å². The van der Waals surface area contributed by atoms with E-state index in [0.717, 1.165) is 37.9 Å². The molecule has 0 spiro atoms. The smallest absolute Gasteiger partial charge is 0.0959 e. The minimum absolute atomic E-state index is 0.182. The van der Waals surface area contributed by atoms with Crippen LogP contribution in [0, 0.1) is 0 Å². The third kappa shape index (κ3) is 1.63. The lowest BCUT2D eigenvalue weighted by Crippen LogP contribution is -2.19. The standard InChI is InChI=1S/C11H16O2/c1-13-9-5-6-10-8(7-9)3-2-4-11(10)12/h5,11-12H,2-4,6-7H2,1H3. The molecule has 0 saturated carbocycles. The molecule has 0 aliphatic heterocycles. The molecule has 0 aromatic rings. The maximum absolute atomic E-state index is 9.74. The van der Waals surface area contributed by atoms with Crippen LogP contribution >= 0.6 is 0 Å². The molecule has 1 unspecified atom stereocenters. The van der Waals surface area contributed by atoms with Gasteiger partial charge in [0.05, 0.1) is 19.0 Å². The average Bonchev–Trinajstić information content (AvgIpc) is 2.18. The van der Waals surface area contributed by atoms with Crippen LogP contribution in [0.4, 0.5) is 0 Å². The number of aliphatic hydroxyl groups excluding tert-OH is 1. The lowest BCUT2D eigenvalue weighted by atomic mass is 9.83. The van der Waals surface area contributed by atoms with E-state index in [-0.39, 0.29) is 6.10 Å². The fraction of sp³-hybridized carbons (Fsp3) is 0.636. The van der Waals surface area contributed by atoms with E-state index in [1.165, 1.54) is 11.1 Å². The molecule has 0 radical (unpaired) electrons. The van der Waals surface area contributed by atoms with Gasteiger partial charge in [-0.15, -0.1) is 0 Å². The molecule has 1 N–H and O–H groups in total. The van der Waals surface area contributed by atoms with Gasteiger partial charge in [0, 0.05) is 6.42 Å². The Morgan fingerprint density at radius 1 is 1.54 bits per heavy atom. The van der Waals surface area contributed by atoms with E-state index in [1.807, 2.05) is 0 Å². The van der Waals surface area contributed by atoms with Crippen LogP contribution in [0.5, 0.6) is 0 Å². The van der Waals surface area contributed by atoms with Crippen molar-refractivity contribution in [2.75, 3.05) is 7.11 Å². The van der Waals surface area contributed by atoms with E-state index in [2.05, 4.69) is 6.08 Å². The molecule has 2 heteroatoms. The van der Waals surface area contributed by atoms with Crippen LogP contribution in [-0.4, -0.2) is 18.3 Å². The van der Waals surface area contributed by atoms with Crippen molar-refractivity contribution in [3.8, 4) is 0 Å². The molecule has 0 saturated heterocycles. The largest absolute Gasteiger partial charge is 0.501 e. The zero-order valence-electron chi connectivity index (χ0n) is 8.05. The minimum atomic E-state index is -0.182. The Bertz CT molecular complexity index is 263. The number of aliphatic hydroxyl groups is 1. The van der Waals surface area contributed by atoms with Crippen molar-refractivity contribution in [2.24, 2.45) is 0 Å². The van der Waals surface area contributed by atoms with Gasteiger partial charge in [0.25, 0.3) is 0 Å². The van der Waals surface area contributed by atoms with Crippen molar-refractivity contribution in [3.05, 3.63) is 23.0 Å². The zero-order valence-corrected chi connectivity index (χ0v) is 8.05. The molecular weight excluding hydrogens is 164 g/mol. The quantitative estimate of drug-likeness (QED) is 0.626. The van der Waals surface area contributed by atoms with Crippen molar-refractivity contribution in [1.82, 2.24) is 0 Å². The molecule has 0 aromatic carbocycles. The van der Waals surface area contributed by atoms with Crippen molar-refractivity contribution in [3.63, 3.8) is 0 Å². The fourth-order valence-corrected chi connectivity index (χ4v) is 2.22. The number of hydrogen-bond acceptors (Lipinski definition) is 2. The first kappa shape index (κ1) is 8.82. The topological polar surface area (TPSA) is 29.5 Å². The second kappa shape index (κ2) is 3.54. The Morgan fingerprint density at radius 2 is 2.38 bits per heavy atom. The predicted octanol–water partition coefficient (Wildman–Crippen LogP) is 2.15. The Labute approximate surface area is 78.9 Å². The summed E-state index contributed by atoms with van der Waals surface area (Å²) < 4.78 is 5.22. The monoisotopic (exact) mass is 180 g/mol. The molecule has 0 aromatic heterocycles. The first-order valence-corrected chi connectivity index (χ1v) is 4.93. The van der Waals surface area contributed by atoms with Crippen LogP contribution in [0.2, 0.25) is 0 Å². The van der Waals surface area contributed by atoms with Gasteiger partial charge in [0.2, 0.25) is 0 Å². The van der Waals surface area contributed by atoms with E-state index in [9.17, 15) is 5.11 Å². The van der Waals surface area contributed by atoms with Crippen LogP contribution in [0.3, 0.4) is 0 Å². The molecule has 1 atom stereocenters. The number of methoxy groups -OCH3 is 1. The maximum Gasteiger partial charge on any atom is 0.0959 e. The molecule has 0 bridgehead atoms. The van der Waals surface area contributed by atoms with E-state index < -0.39 is 0 Å². The van der Waals surface area contributed by atoms with E-state index in [1.54, 1.807) is 7.11 Å². The van der Waals surface area contributed by atoms with E-state index in [4.69, 9.17) is 4.74 Å². The second-order valence-corrected chi connectivity index (χ2v) is 3.79. The molecule has 2 rings (SSSR count). The molecule has 72 valence electrons. The van der Waals surface area contributed by atoms with Gasteiger partial charge in [-0.25, -0.2) is 0 Å². The Balaban J connectivity index is 2.15. The third-order valence-corrected chi connectivity index (χ3v) is 3.01. The summed E-state index contributed by atoms with van der Waals surface area (Å²) in [5, 5.41) is 9.74. The summed E-state index contributed by atoms with van der Waals surface area (Å²) in [5.74, 6) is 1.06.